The van der Waals surface area contributed by atoms with Crippen molar-refractivity contribution in [2.45, 2.75) is 4.90 Å². The van der Waals surface area contributed by atoms with Crippen molar-refractivity contribution in [3.63, 3.8) is 0 Å². The average molecular weight is 658 g/mol. The van der Waals surface area contributed by atoms with E-state index >= 15 is 0 Å². The minimum Gasteiger partial charge on any atom is -0.399 e. The zero-order valence-corrected chi connectivity index (χ0v) is 26.2. The zero-order chi connectivity index (χ0) is 33.5. The van der Waals surface area contributed by atoms with Crippen molar-refractivity contribution in [2.75, 3.05) is 32.7 Å². The molecule has 48 heavy (non-hydrogen) atoms. The van der Waals surface area contributed by atoms with Gasteiger partial charge in [0.15, 0.2) is 0 Å². The molecular formula is C35H31N9O3S. The molecule has 0 radical (unpaired) electrons. The first-order valence-corrected chi connectivity index (χ1v) is 16.1. The number of rotatable bonds is 11. The third-order valence-corrected chi connectivity index (χ3v) is 7.81. The van der Waals surface area contributed by atoms with Gasteiger partial charge in [-0.15, -0.1) is 0 Å². The highest BCUT2D eigenvalue weighted by molar-refractivity contribution is 7.86. The van der Waals surface area contributed by atoms with E-state index in [1.165, 1.54) is 6.07 Å². The van der Waals surface area contributed by atoms with E-state index in [2.05, 4.69) is 36.2 Å². The second kappa shape index (κ2) is 13.9. The van der Waals surface area contributed by atoms with Gasteiger partial charge in [0.1, 0.15) is 4.90 Å². The average Bonchev–Trinajstić information content (AvgIpc) is 3.05. The molecule has 240 valence electrons. The molecule has 0 saturated heterocycles. The SMILES string of the molecule is Nc1cc(Nc2ccccc2)cc(Nc2ccc(C=Cc3ccc(Nc4nc(N)nc(Nc5ccccc5)n4)cc3S(=O)(=O)O)cc2)c1. The molecule has 6 aromatic rings. The third-order valence-electron chi connectivity index (χ3n) is 6.90. The first-order chi connectivity index (χ1) is 23.2. The van der Waals surface area contributed by atoms with Gasteiger partial charge >= 0.3 is 0 Å². The number of anilines is 10. The highest BCUT2D eigenvalue weighted by atomic mass is 32.2. The number of nitrogens with two attached hydrogens (primary N) is 2. The number of nitrogen functional groups attached to an aromatic ring is 2. The third kappa shape index (κ3) is 8.42. The van der Waals surface area contributed by atoms with Crippen molar-refractivity contribution in [1.29, 1.82) is 0 Å². The molecule has 0 aliphatic carbocycles. The lowest BCUT2D eigenvalue weighted by Crippen LogP contribution is -2.08. The highest BCUT2D eigenvalue weighted by Crippen LogP contribution is 2.28. The number of para-hydroxylation sites is 2. The van der Waals surface area contributed by atoms with Gasteiger partial charge in [-0.2, -0.15) is 23.4 Å². The van der Waals surface area contributed by atoms with Gasteiger partial charge in [0.25, 0.3) is 10.1 Å². The molecule has 0 spiro atoms. The Labute approximate surface area is 277 Å². The summed E-state index contributed by atoms with van der Waals surface area (Å²) in [6, 6.07) is 36.8. The molecule has 0 bridgehead atoms. The Balaban J connectivity index is 1.15. The van der Waals surface area contributed by atoms with Crippen molar-refractivity contribution < 1.29 is 13.0 Å². The molecule has 1 aromatic heterocycles. The number of hydrogen-bond donors (Lipinski definition) is 7. The van der Waals surface area contributed by atoms with Crippen molar-refractivity contribution in [3.8, 4) is 0 Å². The van der Waals surface area contributed by atoms with Crippen LogP contribution in [0.3, 0.4) is 0 Å². The van der Waals surface area contributed by atoms with Crippen molar-refractivity contribution in [3.05, 3.63) is 132 Å². The largest absolute Gasteiger partial charge is 0.399 e. The van der Waals surface area contributed by atoms with Crippen LogP contribution in [0.2, 0.25) is 0 Å². The molecule has 0 aliphatic heterocycles. The molecule has 0 unspecified atom stereocenters. The number of aromatic nitrogens is 3. The summed E-state index contributed by atoms with van der Waals surface area (Å²) in [5, 5.41) is 12.7. The molecule has 0 atom stereocenters. The molecule has 0 aliphatic rings. The Morgan fingerprint density at radius 2 is 1.06 bits per heavy atom. The summed E-state index contributed by atoms with van der Waals surface area (Å²) in [6.45, 7) is 0. The summed E-state index contributed by atoms with van der Waals surface area (Å²) in [7, 11) is -4.58. The quantitative estimate of drug-likeness (QED) is 0.0414. The predicted molar refractivity (Wildman–Crippen MR) is 193 cm³/mol. The van der Waals surface area contributed by atoms with Crippen molar-refractivity contribution in [1.82, 2.24) is 15.0 Å². The maximum atomic E-state index is 12.4. The smallest absolute Gasteiger partial charge is 0.295 e. The van der Waals surface area contributed by atoms with Gasteiger partial charge in [-0.25, -0.2) is 0 Å². The van der Waals surface area contributed by atoms with E-state index in [4.69, 9.17) is 11.5 Å². The molecule has 13 heteroatoms. The van der Waals surface area contributed by atoms with Gasteiger partial charge in [0.2, 0.25) is 17.8 Å². The number of nitrogens with one attached hydrogen (secondary N) is 4. The van der Waals surface area contributed by atoms with Crippen LogP contribution in [0.5, 0.6) is 0 Å². The first-order valence-electron chi connectivity index (χ1n) is 14.7. The lowest BCUT2D eigenvalue weighted by Gasteiger charge is -2.12. The van der Waals surface area contributed by atoms with Crippen LogP contribution in [-0.4, -0.2) is 27.9 Å². The summed E-state index contributed by atoms with van der Waals surface area (Å²) in [5.74, 6) is 0.241. The monoisotopic (exact) mass is 657 g/mol. The van der Waals surface area contributed by atoms with Crippen LogP contribution < -0.4 is 32.7 Å². The lowest BCUT2D eigenvalue weighted by atomic mass is 10.1. The van der Waals surface area contributed by atoms with Crippen molar-refractivity contribution >= 4 is 79.9 Å². The van der Waals surface area contributed by atoms with Gasteiger partial charge in [0, 0.05) is 39.8 Å². The molecule has 5 aromatic carbocycles. The summed E-state index contributed by atoms with van der Waals surface area (Å²) in [6.07, 6.45) is 3.36. The Morgan fingerprint density at radius 1 is 0.542 bits per heavy atom. The minimum atomic E-state index is -4.58. The van der Waals surface area contributed by atoms with Gasteiger partial charge in [0.05, 0.1) is 0 Å². The van der Waals surface area contributed by atoms with E-state index in [0.29, 0.717) is 11.4 Å². The molecule has 0 saturated carbocycles. The van der Waals surface area contributed by atoms with Gasteiger partial charge in [-0.05, 0) is 77.9 Å². The Kier molecular flexibility index (Phi) is 9.14. The summed E-state index contributed by atoms with van der Waals surface area (Å²) < 4.78 is 34.7. The Bertz CT molecular complexity index is 2180. The van der Waals surface area contributed by atoms with Crippen LogP contribution in [0.25, 0.3) is 12.2 Å². The molecule has 9 N–H and O–H groups in total. The fourth-order valence-corrected chi connectivity index (χ4v) is 5.48. The fourth-order valence-electron chi connectivity index (χ4n) is 4.77. The summed E-state index contributed by atoms with van der Waals surface area (Å²) in [5.41, 5.74) is 18.2. The van der Waals surface area contributed by atoms with Crippen LogP contribution >= 0.6 is 0 Å². The van der Waals surface area contributed by atoms with E-state index in [9.17, 15) is 13.0 Å². The first kappa shape index (κ1) is 31.5. The van der Waals surface area contributed by atoms with Crippen LogP contribution in [0.1, 0.15) is 11.1 Å². The molecule has 12 nitrogen and oxygen atoms in total. The maximum Gasteiger partial charge on any atom is 0.295 e. The molecule has 0 fully saturated rings. The normalized spacial score (nSPS) is 11.3. The van der Waals surface area contributed by atoms with Crippen molar-refractivity contribution in [2.24, 2.45) is 0 Å². The molecule has 0 amide bonds. The number of hydrogen-bond acceptors (Lipinski definition) is 11. The number of nitrogens with zero attached hydrogens (tertiary/aromatic N) is 3. The fraction of sp³-hybridized carbons (Fsp3) is 0. The lowest BCUT2D eigenvalue weighted by molar-refractivity contribution is 0.483. The second-order valence-electron chi connectivity index (χ2n) is 10.6. The topological polar surface area (TPSA) is 193 Å². The molecular weight excluding hydrogens is 627 g/mol. The summed E-state index contributed by atoms with van der Waals surface area (Å²) >= 11 is 0. The Hall–Kier alpha value is -6.44. The predicted octanol–water partition coefficient (Wildman–Crippen LogP) is 7.43. The van der Waals surface area contributed by atoms with E-state index < -0.39 is 10.1 Å². The zero-order valence-electron chi connectivity index (χ0n) is 25.4. The van der Waals surface area contributed by atoms with Crippen LogP contribution in [0, 0.1) is 0 Å². The standard InChI is InChI=1S/C35H31N9O3S/c36-25-19-30(38-26-7-3-1-4-8-26)21-31(20-25)39-28-16-12-23(13-17-28)11-14-24-15-18-29(22-32(24)48(45,46)47)41-35-43-33(37)42-34(44-35)40-27-9-5-2-6-10-27/h1-22,38-39H,36H2,(H,45,46,47)(H4,37,40,41,42,43,44). The van der Waals surface area contributed by atoms with Gasteiger partial charge < -0.3 is 32.7 Å². The second-order valence-corrected chi connectivity index (χ2v) is 12.0. The summed E-state index contributed by atoms with van der Waals surface area (Å²) in [4.78, 5) is 12.2. The maximum absolute atomic E-state index is 12.4. The van der Waals surface area contributed by atoms with E-state index in [1.54, 1.807) is 24.3 Å². The van der Waals surface area contributed by atoms with Gasteiger partial charge in [-0.3, -0.25) is 4.55 Å². The van der Waals surface area contributed by atoms with E-state index in [0.717, 1.165) is 34.0 Å². The number of benzene rings is 5. The van der Waals surface area contributed by atoms with E-state index in [1.807, 2.05) is 103 Å². The van der Waals surface area contributed by atoms with Crippen LogP contribution in [-0.2, 0) is 10.1 Å². The minimum absolute atomic E-state index is 0.0422. The van der Waals surface area contributed by atoms with Crippen LogP contribution in [0.4, 0.5) is 57.7 Å². The van der Waals surface area contributed by atoms with E-state index in [-0.39, 0.29) is 28.3 Å². The van der Waals surface area contributed by atoms with Crippen LogP contribution in [0.15, 0.2) is 126 Å². The highest BCUT2D eigenvalue weighted by Gasteiger charge is 2.16. The van der Waals surface area contributed by atoms with Gasteiger partial charge in [-0.1, -0.05) is 66.7 Å². The Morgan fingerprint density at radius 3 is 1.65 bits per heavy atom. The molecule has 1 heterocycles. The molecule has 6 rings (SSSR count).